The molecule has 6 heteroatoms. The average Bonchev–Trinajstić information content (AvgIpc) is 2.40. The molecule has 0 amide bonds. The van der Waals surface area contributed by atoms with Crippen LogP contribution in [0.1, 0.15) is 16.1 Å². The molecule has 2 rings (SSSR count). The second-order valence-corrected chi connectivity index (χ2v) is 3.60. The molecule has 0 spiro atoms. The number of carboxylic acid groups (broad SMARTS) is 1. The fourth-order valence-electron chi connectivity index (χ4n) is 1.49. The van der Waals surface area contributed by atoms with Crippen LogP contribution in [0, 0.1) is 0 Å². The zero-order chi connectivity index (χ0) is 12.8. The normalized spacial score (nSPS) is 10.0. The number of aromatic nitrogens is 3. The fraction of sp³-hybridized carbons (Fsp3) is 0.167. The van der Waals surface area contributed by atoms with Crippen LogP contribution in [0.3, 0.4) is 0 Å². The van der Waals surface area contributed by atoms with E-state index in [-0.39, 0.29) is 11.4 Å². The Bertz CT molecular complexity index is 531. The number of anilines is 1. The van der Waals surface area contributed by atoms with Crippen molar-refractivity contribution in [1.29, 1.82) is 0 Å². The second kappa shape index (κ2) is 5.72. The molecule has 0 atom stereocenters. The van der Waals surface area contributed by atoms with Crippen LogP contribution in [0.4, 0.5) is 5.82 Å². The molecule has 18 heavy (non-hydrogen) atoms. The Kier molecular flexibility index (Phi) is 3.80. The van der Waals surface area contributed by atoms with Gasteiger partial charge in [-0.3, -0.25) is 4.98 Å². The largest absolute Gasteiger partial charge is 0.478 e. The lowest BCUT2D eigenvalue weighted by Crippen LogP contribution is -2.12. The lowest BCUT2D eigenvalue weighted by Gasteiger charge is -2.06. The smallest absolute Gasteiger partial charge is 0.339 e. The van der Waals surface area contributed by atoms with Gasteiger partial charge in [-0.2, -0.15) is 5.10 Å². The summed E-state index contributed by atoms with van der Waals surface area (Å²) in [5, 5.41) is 19.3. The van der Waals surface area contributed by atoms with Gasteiger partial charge in [0, 0.05) is 24.9 Å². The molecule has 0 aliphatic carbocycles. The highest BCUT2D eigenvalue weighted by Gasteiger charge is 2.10. The Morgan fingerprint density at radius 2 is 2.17 bits per heavy atom. The number of aromatic carboxylic acids is 1. The van der Waals surface area contributed by atoms with Crippen molar-refractivity contribution in [2.24, 2.45) is 0 Å². The predicted octanol–water partition coefficient (Wildman–Crippen LogP) is 1.22. The number of hydrogen-bond acceptors (Lipinski definition) is 5. The van der Waals surface area contributed by atoms with E-state index in [0.29, 0.717) is 13.0 Å². The van der Waals surface area contributed by atoms with E-state index in [2.05, 4.69) is 20.5 Å². The van der Waals surface area contributed by atoms with Crippen molar-refractivity contribution < 1.29 is 9.90 Å². The van der Waals surface area contributed by atoms with Gasteiger partial charge in [0.2, 0.25) is 0 Å². The summed E-state index contributed by atoms with van der Waals surface area (Å²) < 4.78 is 0. The maximum atomic E-state index is 10.9. The van der Waals surface area contributed by atoms with Gasteiger partial charge in [0.05, 0.1) is 6.20 Å². The molecule has 2 N–H and O–H groups in total. The third kappa shape index (κ3) is 3.00. The van der Waals surface area contributed by atoms with Crippen LogP contribution < -0.4 is 5.32 Å². The molecular formula is C12H12N4O2. The first-order valence-electron chi connectivity index (χ1n) is 5.46. The van der Waals surface area contributed by atoms with Crippen LogP contribution >= 0.6 is 0 Å². The number of carbonyl (C=O) groups is 1. The molecule has 2 heterocycles. The molecule has 0 radical (unpaired) electrons. The van der Waals surface area contributed by atoms with Crippen molar-refractivity contribution in [3.8, 4) is 0 Å². The summed E-state index contributed by atoms with van der Waals surface area (Å²) >= 11 is 0. The molecule has 2 aromatic rings. The summed E-state index contributed by atoms with van der Waals surface area (Å²) in [4.78, 5) is 15.1. The minimum absolute atomic E-state index is 0.117. The minimum atomic E-state index is -1.02. The molecule has 6 nitrogen and oxygen atoms in total. The molecular weight excluding hydrogens is 232 g/mol. The van der Waals surface area contributed by atoms with Crippen LogP contribution in [0.5, 0.6) is 0 Å². The Morgan fingerprint density at radius 3 is 2.89 bits per heavy atom. The number of carboxylic acids is 1. The SMILES string of the molecule is O=C(O)c1ccnnc1NCCc1ccccn1. The molecule has 92 valence electrons. The summed E-state index contributed by atoms with van der Waals surface area (Å²) in [5.41, 5.74) is 1.05. The van der Waals surface area contributed by atoms with Crippen molar-refractivity contribution in [2.75, 3.05) is 11.9 Å². The standard InChI is InChI=1S/C12H12N4O2/c17-12(18)10-5-8-15-16-11(10)14-7-4-9-3-1-2-6-13-9/h1-3,5-6,8H,4,7H2,(H,14,16)(H,17,18). The highest BCUT2D eigenvalue weighted by molar-refractivity contribution is 5.92. The Hall–Kier alpha value is -2.50. The molecule has 0 saturated carbocycles. The summed E-state index contributed by atoms with van der Waals surface area (Å²) in [6.07, 6.45) is 3.77. The van der Waals surface area contributed by atoms with Crippen molar-refractivity contribution in [2.45, 2.75) is 6.42 Å². The van der Waals surface area contributed by atoms with Gasteiger partial charge in [-0.1, -0.05) is 6.07 Å². The van der Waals surface area contributed by atoms with E-state index in [9.17, 15) is 4.79 Å². The van der Waals surface area contributed by atoms with E-state index < -0.39 is 5.97 Å². The predicted molar refractivity (Wildman–Crippen MR) is 65.4 cm³/mol. The number of nitrogens with zero attached hydrogens (tertiary/aromatic N) is 3. The fourth-order valence-corrected chi connectivity index (χ4v) is 1.49. The Labute approximate surface area is 104 Å². The zero-order valence-corrected chi connectivity index (χ0v) is 9.58. The van der Waals surface area contributed by atoms with Gasteiger partial charge < -0.3 is 10.4 Å². The van der Waals surface area contributed by atoms with Gasteiger partial charge in [-0.05, 0) is 18.2 Å². The van der Waals surface area contributed by atoms with Crippen LogP contribution in [-0.2, 0) is 6.42 Å². The van der Waals surface area contributed by atoms with E-state index in [0.717, 1.165) is 5.69 Å². The lowest BCUT2D eigenvalue weighted by molar-refractivity contribution is 0.0697. The van der Waals surface area contributed by atoms with Gasteiger partial charge in [-0.15, -0.1) is 5.10 Å². The average molecular weight is 244 g/mol. The van der Waals surface area contributed by atoms with Crippen LogP contribution in [-0.4, -0.2) is 32.8 Å². The molecule has 2 aromatic heterocycles. The summed E-state index contributed by atoms with van der Waals surface area (Å²) in [7, 11) is 0. The summed E-state index contributed by atoms with van der Waals surface area (Å²) in [6.45, 7) is 0.552. The lowest BCUT2D eigenvalue weighted by atomic mass is 10.2. The topological polar surface area (TPSA) is 88.0 Å². The minimum Gasteiger partial charge on any atom is -0.478 e. The second-order valence-electron chi connectivity index (χ2n) is 3.60. The van der Waals surface area contributed by atoms with Gasteiger partial charge >= 0.3 is 5.97 Å². The summed E-state index contributed by atoms with van der Waals surface area (Å²) in [6, 6.07) is 7.09. The Balaban J connectivity index is 1.97. The highest BCUT2D eigenvalue weighted by Crippen LogP contribution is 2.09. The maximum absolute atomic E-state index is 10.9. The molecule has 0 fully saturated rings. The van der Waals surface area contributed by atoms with Crippen molar-refractivity contribution in [3.05, 3.63) is 47.9 Å². The van der Waals surface area contributed by atoms with E-state index in [1.165, 1.54) is 12.3 Å². The number of rotatable bonds is 5. The first-order chi connectivity index (χ1) is 8.77. The van der Waals surface area contributed by atoms with Crippen molar-refractivity contribution in [1.82, 2.24) is 15.2 Å². The third-order valence-electron chi connectivity index (χ3n) is 2.35. The van der Waals surface area contributed by atoms with Crippen molar-refractivity contribution in [3.63, 3.8) is 0 Å². The number of nitrogens with one attached hydrogen (secondary N) is 1. The molecule has 0 aromatic carbocycles. The van der Waals surface area contributed by atoms with Gasteiger partial charge in [0.15, 0.2) is 5.82 Å². The third-order valence-corrected chi connectivity index (χ3v) is 2.35. The van der Waals surface area contributed by atoms with E-state index in [1.54, 1.807) is 6.20 Å². The Morgan fingerprint density at radius 1 is 1.28 bits per heavy atom. The van der Waals surface area contributed by atoms with E-state index in [4.69, 9.17) is 5.11 Å². The maximum Gasteiger partial charge on any atom is 0.339 e. The van der Waals surface area contributed by atoms with Crippen molar-refractivity contribution >= 4 is 11.8 Å². The first kappa shape index (κ1) is 12.0. The molecule has 0 saturated heterocycles. The monoisotopic (exact) mass is 244 g/mol. The molecule has 0 aliphatic rings. The van der Waals surface area contributed by atoms with E-state index in [1.807, 2.05) is 18.2 Å². The highest BCUT2D eigenvalue weighted by atomic mass is 16.4. The molecule has 0 aliphatic heterocycles. The number of hydrogen-bond donors (Lipinski definition) is 2. The van der Waals surface area contributed by atoms with Crippen LogP contribution in [0.2, 0.25) is 0 Å². The van der Waals surface area contributed by atoms with Crippen LogP contribution in [0.25, 0.3) is 0 Å². The molecule has 0 unspecified atom stereocenters. The van der Waals surface area contributed by atoms with E-state index >= 15 is 0 Å². The van der Waals surface area contributed by atoms with Gasteiger partial charge in [0.1, 0.15) is 5.56 Å². The number of pyridine rings is 1. The van der Waals surface area contributed by atoms with Gasteiger partial charge in [0.25, 0.3) is 0 Å². The summed E-state index contributed by atoms with van der Waals surface area (Å²) in [5.74, 6) is -0.744. The van der Waals surface area contributed by atoms with Crippen LogP contribution in [0.15, 0.2) is 36.7 Å². The molecule has 0 bridgehead atoms. The quantitative estimate of drug-likeness (QED) is 0.822. The zero-order valence-electron chi connectivity index (χ0n) is 9.58. The van der Waals surface area contributed by atoms with Gasteiger partial charge in [-0.25, -0.2) is 4.79 Å². The first-order valence-corrected chi connectivity index (χ1v) is 5.46.